The zero-order valence-corrected chi connectivity index (χ0v) is 8.10. The minimum Gasteiger partial charge on any atom is -0.477 e. The molecule has 0 saturated carbocycles. The Balaban J connectivity index is 2.53. The Labute approximate surface area is 89.7 Å². The minimum absolute atomic E-state index is 0.139. The second-order valence-corrected chi connectivity index (χ2v) is 3.02. The van der Waals surface area contributed by atoms with Crippen LogP contribution in [-0.4, -0.2) is 40.2 Å². The number of nitrogens with zero attached hydrogens (tertiary/aromatic N) is 1. The Morgan fingerprint density at radius 1 is 1.50 bits per heavy atom. The molecular weight excluding hydrogens is 222 g/mol. The Morgan fingerprint density at radius 3 is 2.62 bits per heavy atom. The van der Waals surface area contributed by atoms with E-state index in [2.05, 4.69) is 10.3 Å². The van der Waals surface area contributed by atoms with Gasteiger partial charge >= 0.3 is 5.97 Å². The molecular formula is C9H10F2N2O3. The monoisotopic (exact) mass is 232 g/mol. The zero-order chi connectivity index (χ0) is 12.1. The Kier molecular flexibility index (Phi) is 4.12. The average Bonchev–Trinajstić information content (AvgIpc) is 2.26. The smallest absolute Gasteiger partial charge is 0.354 e. The summed E-state index contributed by atoms with van der Waals surface area (Å²) in [6.45, 7) is -0.328. The van der Waals surface area contributed by atoms with Crippen molar-refractivity contribution < 1.29 is 23.8 Å². The lowest BCUT2D eigenvalue weighted by Crippen LogP contribution is -2.26. The number of halogens is 2. The molecule has 7 heteroatoms. The molecule has 1 rings (SSSR count). The van der Waals surface area contributed by atoms with Gasteiger partial charge in [0.15, 0.2) is 0 Å². The van der Waals surface area contributed by atoms with E-state index in [0.717, 1.165) is 0 Å². The molecule has 0 aromatic carbocycles. The molecule has 1 unspecified atom stereocenters. The number of hydrogen-bond donors (Lipinski definition) is 3. The number of alkyl halides is 2. The fourth-order valence-corrected chi connectivity index (χ4v) is 0.936. The van der Waals surface area contributed by atoms with Crippen LogP contribution in [0.2, 0.25) is 0 Å². The molecule has 3 N–H and O–H groups in total. The van der Waals surface area contributed by atoms with Crippen molar-refractivity contribution in [2.24, 2.45) is 0 Å². The number of carboxylic acid groups (broad SMARTS) is 1. The first kappa shape index (κ1) is 12.3. The van der Waals surface area contributed by atoms with E-state index in [1.165, 1.54) is 18.3 Å². The number of carboxylic acids is 1. The number of hydrogen-bond acceptors (Lipinski definition) is 4. The van der Waals surface area contributed by atoms with Gasteiger partial charge in [0.2, 0.25) is 0 Å². The van der Waals surface area contributed by atoms with Crippen molar-refractivity contribution in [2.45, 2.75) is 12.5 Å². The number of aliphatic hydroxyl groups is 1. The summed E-state index contributed by atoms with van der Waals surface area (Å²) in [5.74, 6) is -1.17. The highest BCUT2D eigenvalue weighted by Gasteiger charge is 2.16. The van der Waals surface area contributed by atoms with Crippen LogP contribution < -0.4 is 5.32 Å². The molecule has 1 heterocycles. The standard InChI is InChI=1S/C9H10F2N2O3/c10-8(11)7(14)4-12-5-1-2-6(9(15)16)13-3-5/h1-3,7-8,12,14H,4H2,(H,15,16). The predicted molar refractivity (Wildman–Crippen MR) is 51.7 cm³/mol. The zero-order valence-electron chi connectivity index (χ0n) is 8.10. The second kappa shape index (κ2) is 5.36. The molecule has 5 nitrogen and oxygen atoms in total. The Hall–Kier alpha value is -1.76. The molecule has 1 aromatic heterocycles. The molecule has 16 heavy (non-hydrogen) atoms. The fraction of sp³-hybridized carbons (Fsp3) is 0.333. The van der Waals surface area contributed by atoms with Gasteiger partial charge in [0.1, 0.15) is 11.8 Å². The van der Waals surface area contributed by atoms with Crippen LogP contribution in [0.25, 0.3) is 0 Å². The Morgan fingerprint density at radius 2 is 2.19 bits per heavy atom. The third-order valence-electron chi connectivity index (χ3n) is 1.79. The molecule has 88 valence electrons. The number of rotatable bonds is 5. The van der Waals surface area contributed by atoms with Crippen molar-refractivity contribution >= 4 is 11.7 Å². The highest BCUT2D eigenvalue weighted by atomic mass is 19.3. The number of pyridine rings is 1. The van der Waals surface area contributed by atoms with Crippen molar-refractivity contribution in [3.8, 4) is 0 Å². The van der Waals surface area contributed by atoms with Gasteiger partial charge in [-0.3, -0.25) is 0 Å². The molecule has 0 amide bonds. The summed E-state index contributed by atoms with van der Waals surface area (Å²) < 4.78 is 23.8. The van der Waals surface area contributed by atoms with E-state index in [1.54, 1.807) is 0 Å². The van der Waals surface area contributed by atoms with Crippen molar-refractivity contribution in [1.29, 1.82) is 0 Å². The third kappa shape index (κ3) is 3.43. The average molecular weight is 232 g/mol. The lowest BCUT2D eigenvalue weighted by molar-refractivity contribution is 0.00384. The van der Waals surface area contributed by atoms with Crippen LogP contribution in [0.5, 0.6) is 0 Å². The number of aromatic carboxylic acids is 1. The van der Waals surface area contributed by atoms with Gasteiger partial charge in [-0.1, -0.05) is 0 Å². The van der Waals surface area contributed by atoms with Gasteiger partial charge < -0.3 is 15.5 Å². The van der Waals surface area contributed by atoms with Crippen LogP contribution in [0.1, 0.15) is 10.5 Å². The highest BCUT2D eigenvalue weighted by molar-refractivity contribution is 5.85. The molecule has 0 bridgehead atoms. The summed E-state index contributed by atoms with van der Waals surface area (Å²) >= 11 is 0. The number of aliphatic hydroxyl groups excluding tert-OH is 1. The third-order valence-corrected chi connectivity index (χ3v) is 1.79. The van der Waals surface area contributed by atoms with Gasteiger partial charge in [-0.2, -0.15) is 0 Å². The van der Waals surface area contributed by atoms with Crippen LogP contribution in [0.15, 0.2) is 18.3 Å². The number of aromatic nitrogens is 1. The highest BCUT2D eigenvalue weighted by Crippen LogP contribution is 2.08. The minimum atomic E-state index is -2.82. The summed E-state index contributed by atoms with van der Waals surface area (Å²) in [5, 5.41) is 19.9. The topological polar surface area (TPSA) is 82.5 Å². The van der Waals surface area contributed by atoms with Crippen molar-refractivity contribution in [3.05, 3.63) is 24.0 Å². The van der Waals surface area contributed by atoms with Crippen molar-refractivity contribution in [3.63, 3.8) is 0 Å². The van der Waals surface area contributed by atoms with Gasteiger partial charge in [-0.25, -0.2) is 18.6 Å². The molecule has 1 aromatic rings. The first-order valence-electron chi connectivity index (χ1n) is 4.40. The van der Waals surface area contributed by atoms with Crippen LogP contribution in [0, 0.1) is 0 Å². The van der Waals surface area contributed by atoms with Crippen LogP contribution >= 0.6 is 0 Å². The number of nitrogens with one attached hydrogen (secondary N) is 1. The maximum atomic E-state index is 11.9. The quantitative estimate of drug-likeness (QED) is 0.700. The van der Waals surface area contributed by atoms with E-state index < -0.39 is 18.5 Å². The van der Waals surface area contributed by atoms with Gasteiger partial charge in [0.05, 0.1) is 11.9 Å². The number of carbonyl (C=O) groups is 1. The molecule has 0 fully saturated rings. The molecule has 1 atom stereocenters. The van der Waals surface area contributed by atoms with E-state index in [1.807, 2.05) is 0 Å². The molecule has 0 aliphatic carbocycles. The molecule has 0 aliphatic heterocycles. The maximum Gasteiger partial charge on any atom is 0.354 e. The van der Waals surface area contributed by atoms with E-state index in [4.69, 9.17) is 10.2 Å². The summed E-state index contributed by atoms with van der Waals surface area (Å²) in [7, 11) is 0. The lowest BCUT2D eigenvalue weighted by atomic mass is 10.3. The van der Waals surface area contributed by atoms with Crippen LogP contribution in [0.3, 0.4) is 0 Å². The molecule has 0 saturated heterocycles. The van der Waals surface area contributed by atoms with Crippen LogP contribution in [-0.2, 0) is 0 Å². The van der Waals surface area contributed by atoms with Gasteiger partial charge in [0.25, 0.3) is 6.43 Å². The van der Waals surface area contributed by atoms with Gasteiger partial charge in [0, 0.05) is 6.54 Å². The van der Waals surface area contributed by atoms with E-state index >= 15 is 0 Å². The van der Waals surface area contributed by atoms with E-state index in [9.17, 15) is 13.6 Å². The van der Waals surface area contributed by atoms with Gasteiger partial charge in [-0.05, 0) is 12.1 Å². The largest absolute Gasteiger partial charge is 0.477 e. The molecule has 0 spiro atoms. The second-order valence-electron chi connectivity index (χ2n) is 3.02. The summed E-state index contributed by atoms with van der Waals surface area (Å²) in [4.78, 5) is 14.0. The fourth-order valence-electron chi connectivity index (χ4n) is 0.936. The van der Waals surface area contributed by atoms with E-state index in [-0.39, 0.29) is 12.2 Å². The summed E-state index contributed by atoms with van der Waals surface area (Å²) in [6, 6.07) is 2.62. The first-order valence-corrected chi connectivity index (χ1v) is 4.40. The normalized spacial score (nSPS) is 12.5. The van der Waals surface area contributed by atoms with Gasteiger partial charge in [-0.15, -0.1) is 0 Å². The summed E-state index contributed by atoms with van der Waals surface area (Å²) in [6.07, 6.45) is -3.39. The maximum absolute atomic E-state index is 11.9. The van der Waals surface area contributed by atoms with Crippen molar-refractivity contribution in [1.82, 2.24) is 4.98 Å². The Bertz CT molecular complexity index is 356. The lowest BCUT2D eigenvalue weighted by Gasteiger charge is -2.11. The van der Waals surface area contributed by atoms with Crippen LogP contribution in [0.4, 0.5) is 14.5 Å². The molecule has 0 aliphatic rings. The molecule has 0 radical (unpaired) electrons. The van der Waals surface area contributed by atoms with E-state index in [0.29, 0.717) is 5.69 Å². The van der Waals surface area contributed by atoms with Crippen molar-refractivity contribution in [2.75, 3.05) is 11.9 Å². The SMILES string of the molecule is O=C(O)c1ccc(NCC(O)C(F)F)cn1. The number of anilines is 1. The predicted octanol–water partition coefficient (Wildman–Crippen LogP) is 0.818. The first-order chi connectivity index (χ1) is 7.50. The summed E-state index contributed by atoms with van der Waals surface area (Å²) in [5.41, 5.74) is 0.227.